The number of carbonyl (C=O) groups is 4. The Morgan fingerprint density at radius 1 is 1.00 bits per heavy atom. The molecule has 2 fully saturated rings. The van der Waals surface area contributed by atoms with Gasteiger partial charge in [-0.2, -0.15) is 13.2 Å². The van der Waals surface area contributed by atoms with Gasteiger partial charge in [-0.05, 0) is 62.6 Å². The number of ketones is 1. The van der Waals surface area contributed by atoms with E-state index in [9.17, 15) is 32.3 Å². The second kappa shape index (κ2) is 14.1. The van der Waals surface area contributed by atoms with Crippen LogP contribution < -0.4 is 16.0 Å². The van der Waals surface area contributed by atoms with Gasteiger partial charge < -0.3 is 25.6 Å². The van der Waals surface area contributed by atoms with Crippen LogP contribution in [0.3, 0.4) is 0 Å². The number of Topliss-reactive ketones (excluding diaryl/α,β-unsaturated/α-hetero) is 1. The zero-order chi connectivity index (χ0) is 34.9. The molecule has 3 N–H and O–H groups in total. The highest BCUT2D eigenvalue weighted by molar-refractivity contribution is 6.44. The third-order valence-electron chi connectivity index (χ3n) is 8.81. The number of likely N-dealkylation sites (tertiary alicyclic amines) is 1. The number of hydrogen-bond donors (Lipinski definition) is 3. The number of urea groups is 1. The number of hydrogen-bond acceptors (Lipinski definition) is 6. The Morgan fingerprint density at radius 2 is 1.64 bits per heavy atom. The van der Waals surface area contributed by atoms with E-state index >= 15 is 0 Å². The molecule has 0 spiro atoms. The number of halogens is 4. The maximum atomic E-state index is 14.3. The largest absolute Gasteiger partial charge is 0.420 e. The Labute approximate surface area is 278 Å². The van der Waals surface area contributed by atoms with Crippen LogP contribution in [0.2, 0.25) is 5.02 Å². The van der Waals surface area contributed by atoms with Crippen LogP contribution >= 0.6 is 11.6 Å². The molecule has 4 amide bonds. The van der Waals surface area contributed by atoms with Crippen molar-refractivity contribution in [1.29, 1.82) is 0 Å². The number of ether oxygens (including phenoxy) is 1. The first-order valence-corrected chi connectivity index (χ1v) is 16.4. The highest BCUT2D eigenvalue weighted by Crippen LogP contribution is 2.40. The first-order chi connectivity index (χ1) is 21.8. The van der Waals surface area contributed by atoms with Gasteiger partial charge in [-0.1, -0.05) is 63.8 Å². The van der Waals surface area contributed by atoms with E-state index in [0.29, 0.717) is 10.6 Å². The lowest BCUT2D eigenvalue weighted by Crippen LogP contribution is -2.58. The average molecular weight is 684 g/mol. The van der Waals surface area contributed by atoms with Crippen LogP contribution in [0.15, 0.2) is 29.3 Å². The molecule has 10 nitrogen and oxygen atoms in total. The van der Waals surface area contributed by atoms with Crippen LogP contribution in [0.4, 0.5) is 18.0 Å². The molecule has 260 valence electrons. The van der Waals surface area contributed by atoms with Gasteiger partial charge in [-0.15, -0.1) is 0 Å². The monoisotopic (exact) mass is 683 g/mol. The number of nitrogens with zero attached hydrogens (tertiary/aromatic N) is 2. The molecule has 3 aliphatic rings. The maximum Gasteiger partial charge on any atom is 0.420 e. The minimum absolute atomic E-state index is 0.0723. The topological polar surface area (TPSA) is 129 Å². The van der Waals surface area contributed by atoms with Gasteiger partial charge in [0.25, 0.3) is 0 Å². The van der Waals surface area contributed by atoms with Crippen LogP contribution in [0.1, 0.15) is 85.3 Å². The summed E-state index contributed by atoms with van der Waals surface area (Å²) < 4.78 is 45.7. The van der Waals surface area contributed by atoms with Crippen molar-refractivity contribution in [2.45, 2.75) is 110 Å². The maximum absolute atomic E-state index is 14.3. The Bertz CT molecular complexity index is 1370. The van der Waals surface area contributed by atoms with Gasteiger partial charge in [0.05, 0.1) is 18.0 Å². The lowest BCUT2D eigenvalue weighted by atomic mass is 9.79. The van der Waals surface area contributed by atoms with Gasteiger partial charge >= 0.3 is 12.2 Å². The number of alkyl halides is 3. The fraction of sp³-hybridized carbons (Fsp3) is 0.667. The summed E-state index contributed by atoms with van der Waals surface area (Å²) in [5, 5.41) is 8.84. The molecule has 1 aromatic carbocycles. The lowest BCUT2D eigenvalue weighted by molar-refractivity contribution is -0.191. The first kappa shape index (κ1) is 36.6. The van der Waals surface area contributed by atoms with Crippen molar-refractivity contribution in [3.63, 3.8) is 0 Å². The summed E-state index contributed by atoms with van der Waals surface area (Å²) in [6.45, 7) is 10.5. The molecule has 47 heavy (non-hydrogen) atoms. The summed E-state index contributed by atoms with van der Waals surface area (Å²) in [5.41, 5.74) is -1.40. The summed E-state index contributed by atoms with van der Waals surface area (Å²) in [6, 6.07) is 3.18. The van der Waals surface area contributed by atoms with Crippen LogP contribution in [-0.4, -0.2) is 77.4 Å². The molecule has 1 aliphatic carbocycles. The molecule has 14 heteroatoms. The van der Waals surface area contributed by atoms with E-state index in [4.69, 9.17) is 16.3 Å². The van der Waals surface area contributed by atoms with Gasteiger partial charge in [-0.25, -0.2) is 4.79 Å². The highest BCUT2D eigenvalue weighted by Gasteiger charge is 2.51. The third kappa shape index (κ3) is 9.04. The first-order valence-electron chi connectivity index (χ1n) is 16.0. The molecule has 1 saturated carbocycles. The number of amides is 4. The molecular formula is C33H45ClF3N5O5. The van der Waals surface area contributed by atoms with Gasteiger partial charge in [0.15, 0.2) is 0 Å². The third-order valence-corrected chi connectivity index (χ3v) is 9.06. The Kier molecular flexibility index (Phi) is 11.0. The molecular weight excluding hydrogens is 639 g/mol. The zero-order valence-corrected chi connectivity index (χ0v) is 28.4. The van der Waals surface area contributed by atoms with Crippen LogP contribution in [0, 0.1) is 17.3 Å². The van der Waals surface area contributed by atoms with E-state index in [1.807, 2.05) is 41.5 Å². The minimum Gasteiger partial charge on any atom is -0.346 e. The SMILES string of the molecule is CC(C)(C)NC(=O)N[C@H](C(=O)N1CCC(C(=O)NC(CC2CCC2)C(=O)C2=NCOC2C(F)(F)F)C1c1ccc(Cl)cc1)C(C)(C)C. The number of nitrogens with one attached hydrogen (secondary N) is 3. The summed E-state index contributed by atoms with van der Waals surface area (Å²) in [5.74, 6) is -2.65. The average Bonchev–Trinajstić information content (AvgIpc) is 3.59. The summed E-state index contributed by atoms with van der Waals surface area (Å²) in [4.78, 5) is 60.1. The Balaban J connectivity index is 1.63. The van der Waals surface area contributed by atoms with Crippen molar-refractivity contribution in [2.24, 2.45) is 22.2 Å². The van der Waals surface area contributed by atoms with Crippen molar-refractivity contribution in [3.8, 4) is 0 Å². The van der Waals surface area contributed by atoms with Crippen LogP contribution in [0.25, 0.3) is 0 Å². The predicted molar refractivity (Wildman–Crippen MR) is 171 cm³/mol. The van der Waals surface area contributed by atoms with Gasteiger partial charge in [0.1, 0.15) is 18.5 Å². The van der Waals surface area contributed by atoms with Gasteiger partial charge in [0.2, 0.25) is 23.7 Å². The molecule has 1 saturated heterocycles. The summed E-state index contributed by atoms with van der Waals surface area (Å²) in [6.07, 6.45) is -4.35. The predicted octanol–water partition coefficient (Wildman–Crippen LogP) is 5.35. The number of rotatable bonds is 9. The molecule has 0 aromatic heterocycles. The van der Waals surface area contributed by atoms with Gasteiger partial charge in [-0.3, -0.25) is 19.4 Å². The number of aliphatic imine (C=N–C) groups is 1. The fourth-order valence-corrected chi connectivity index (χ4v) is 6.39. The lowest BCUT2D eigenvalue weighted by Gasteiger charge is -2.37. The Hall–Kier alpha value is -3.19. The highest BCUT2D eigenvalue weighted by atomic mass is 35.5. The smallest absolute Gasteiger partial charge is 0.346 e. The van der Waals surface area contributed by atoms with Crippen molar-refractivity contribution in [3.05, 3.63) is 34.9 Å². The van der Waals surface area contributed by atoms with Crippen LogP contribution in [-0.2, 0) is 19.1 Å². The number of benzene rings is 1. The second-order valence-corrected chi connectivity index (χ2v) is 15.2. The zero-order valence-electron chi connectivity index (χ0n) is 27.7. The molecule has 1 aromatic rings. The molecule has 4 unspecified atom stereocenters. The summed E-state index contributed by atoms with van der Waals surface area (Å²) in [7, 11) is 0. The quantitative estimate of drug-likeness (QED) is 0.324. The van der Waals surface area contributed by atoms with Crippen molar-refractivity contribution in [1.82, 2.24) is 20.9 Å². The fourth-order valence-electron chi connectivity index (χ4n) is 6.26. The van der Waals surface area contributed by atoms with Crippen molar-refractivity contribution < 1.29 is 37.1 Å². The number of carbonyl (C=O) groups excluding carboxylic acids is 4. The molecule has 2 aliphatic heterocycles. The van der Waals surface area contributed by atoms with E-state index in [1.54, 1.807) is 29.2 Å². The van der Waals surface area contributed by atoms with Crippen LogP contribution in [0.5, 0.6) is 0 Å². The minimum atomic E-state index is -4.83. The normalized spacial score (nSPS) is 23.4. The van der Waals surface area contributed by atoms with E-state index < -0.39 is 83.3 Å². The standard InChI is InChI=1S/C33H45ClF3N5O5/c1-31(2,3)26(40-30(46)41-32(4,5)6)29(45)42-15-14-21(24(42)19-10-12-20(34)13-11-19)28(44)39-22(16-18-8-7-9-18)25(43)23-27(33(35,36)37)47-17-38-23/h10-13,18,21-22,24,26-27H,7-9,14-17H2,1-6H3,(H,39,44)(H2,40,41,46)/t21?,22?,24?,26-,27?/m1/s1. The van der Waals surface area contributed by atoms with Crippen molar-refractivity contribution >= 4 is 40.9 Å². The van der Waals surface area contributed by atoms with Crippen molar-refractivity contribution in [2.75, 3.05) is 13.3 Å². The van der Waals surface area contributed by atoms with E-state index in [-0.39, 0.29) is 25.3 Å². The summed E-state index contributed by atoms with van der Waals surface area (Å²) >= 11 is 6.16. The molecule has 0 bridgehead atoms. The van der Waals surface area contributed by atoms with Gasteiger partial charge in [0, 0.05) is 17.1 Å². The molecule has 4 rings (SSSR count). The molecule has 2 heterocycles. The second-order valence-electron chi connectivity index (χ2n) is 14.8. The van der Waals surface area contributed by atoms with E-state index in [1.165, 1.54) is 0 Å². The van der Waals surface area contributed by atoms with E-state index in [0.717, 1.165) is 19.3 Å². The molecule has 0 radical (unpaired) electrons. The van der Waals surface area contributed by atoms with E-state index in [2.05, 4.69) is 20.9 Å². The molecule has 5 atom stereocenters. The Morgan fingerprint density at radius 3 is 2.17 bits per heavy atom.